The minimum atomic E-state index is 0.360. The summed E-state index contributed by atoms with van der Waals surface area (Å²) < 4.78 is 1.19. The first-order valence-electron chi connectivity index (χ1n) is 4.76. The van der Waals surface area contributed by atoms with Gasteiger partial charge < -0.3 is 5.73 Å². The van der Waals surface area contributed by atoms with E-state index in [0.717, 1.165) is 12.3 Å². The van der Waals surface area contributed by atoms with Crippen LogP contribution in [0.2, 0.25) is 0 Å². The van der Waals surface area contributed by atoms with Gasteiger partial charge in [0.1, 0.15) is 0 Å². The molecule has 0 aromatic heterocycles. The summed E-state index contributed by atoms with van der Waals surface area (Å²) in [5.41, 5.74) is 7.39. The molecular formula is C11H14BrN. The second-order valence-corrected chi connectivity index (χ2v) is 4.65. The molecule has 2 N–H and O–H groups in total. The summed E-state index contributed by atoms with van der Waals surface area (Å²) in [7, 11) is 0. The topological polar surface area (TPSA) is 26.0 Å². The fourth-order valence-electron chi connectivity index (χ4n) is 1.61. The Labute approximate surface area is 87.5 Å². The van der Waals surface area contributed by atoms with Crippen molar-refractivity contribution in [2.75, 3.05) is 0 Å². The first-order chi connectivity index (χ1) is 6.27. The molecule has 2 rings (SSSR count). The first kappa shape index (κ1) is 9.22. The van der Waals surface area contributed by atoms with Crippen LogP contribution in [0.4, 0.5) is 0 Å². The molecule has 0 heterocycles. The standard InChI is InChI=1S/C11H14BrN/c12-10-4-2-1-3-9(10)7-11(13)8-5-6-8/h1-4,8,11H,5-7,13H2. The molecule has 0 aliphatic heterocycles. The second-order valence-electron chi connectivity index (χ2n) is 3.80. The molecule has 13 heavy (non-hydrogen) atoms. The predicted octanol–water partition coefficient (Wildman–Crippen LogP) is 2.73. The van der Waals surface area contributed by atoms with Crippen LogP contribution in [0.25, 0.3) is 0 Å². The number of benzene rings is 1. The summed E-state index contributed by atoms with van der Waals surface area (Å²) in [5.74, 6) is 0.784. The van der Waals surface area contributed by atoms with Crippen molar-refractivity contribution < 1.29 is 0 Å². The largest absolute Gasteiger partial charge is 0.327 e. The van der Waals surface area contributed by atoms with E-state index in [2.05, 4.69) is 34.1 Å². The van der Waals surface area contributed by atoms with E-state index in [0.29, 0.717) is 6.04 Å². The maximum absolute atomic E-state index is 6.06. The van der Waals surface area contributed by atoms with Crippen LogP contribution >= 0.6 is 15.9 Å². The quantitative estimate of drug-likeness (QED) is 0.863. The molecule has 70 valence electrons. The van der Waals surface area contributed by atoms with Crippen LogP contribution in [-0.2, 0) is 6.42 Å². The number of hydrogen-bond donors (Lipinski definition) is 1. The van der Waals surface area contributed by atoms with Gasteiger partial charge in [-0.15, -0.1) is 0 Å². The van der Waals surface area contributed by atoms with Gasteiger partial charge >= 0.3 is 0 Å². The van der Waals surface area contributed by atoms with Gasteiger partial charge in [-0.2, -0.15) is 0 Å². The SMILES string of the molecule is NC(Cc1ccccc1Br)C1CC1. The molecule has 0 amide bonds. The second kappa shape index (κ2) is 3.81. The van der Waals surface area contributed by atoms with E-state index >= 15 is 0 Å². The van der Waals surface area contributed by atoms with Gasteiger partial charge in [-0.25, -0.2) is 0 Å². The van der Waals surface area contributed by atoms with Crippen LogP contribution in [0.5, 0.6) is 0 Å². The van der Waals surface area contributed by atoms with Crippen molar-refractivity contribution in [1.29, 1.82) is 0 Å². The third kappa shape index (κ3) is 2.32. The smallest absolute Gasteiger partial charge is 0.0207 e. The molecule has 1 aromatic rings. The van der Waals surface area contributed by atoms with Gasteiger partial charge in [0.05, 0.1) is 0 Å². The normalized spacial score (nSPS) is 18.6. The van der Waals surface area contributed by atoms with E-state index in [-0.39, 0.29) is 0 Å². The van der Waals surface area contributed by atoms with E-state index in [1.54, 1.807) is 0 Å². The molecule has 1 fully saturated rings. The summed E-state index contributed by atoms with van der Waals surface area (Å²) in [5, 5.41) is 0. The predicted molar refractivity (Wildman–Crippen MR) is 58.5 cm³/mol. The Balaban J connectivity index is 2.03. The molecule has 1 nitrogen and oxygen atoms in total. The summed E-state index contributed by atoms with van der Waals surface area (Å²) >= 11 is 3.54. The van der Waals surface area contributed by atoms with Gasteiger partial charge in [0.2, 0.25) is 0 Å². The van der Waals surface area contributed by atoms with Crippen molar-refractivity contribution in [2.24, 2.45) is 11.7 Å². The van der Waals surface area contributed by atoms with Crippen LogP contribution in [-0.4, -0.2) is 6.04 Å². The van der Waals surface area contributed by atoms with Crippen LogP contribution in [0.3, 0.4) is 0 Å². The number of hydrogen-bond acceptors (Lipinski definition) is 1. The van der Waals surface area contributed by atoms with Crippen molar-refractivity contribution in [2.45, 2.75) is 25.3 Å². The highest BCUT2D eigenvalue weighted by Crippen LogP contribution is 2.33. The van der Waals surface area contributed by atoms with Crippen molar-refractivity contribution in [3.63, 3.8) is 0 Å². The zero-order valence-corrected chi connectivity index (χ0v) is 9.13. The Hall–Kier alpha value is -0.340. The minimum absolute atomic E-state index is 0.360. The van der Waals surface area contributed by atoms with E-state index in [4.69, 9.17) is 5.73 Å². The number of halogens is 1. The highest BCUT2D eigenvalue weighted by molar-refractivity contribution is 9.10. The fraction of sp³-hybridized carbons (Fsp3) is 0.455. The molecule has 1 atom stereocenters. The fourth-order valence-corrected chi connectivity index (χ4v) is 2.06. The molecule has 1 aliphatic carbocycles. The first-order valence-corrected chi connectivity index (χ1v) is 5.55. The van der Waals surface area contributed by atoms with E-state index < -0.39 is 0 Å². The average molecular weight is 240 g/mol. The van der Waals surface area contributed by atoms with Gasteiger partial charge in [-0.05, 0) is 36.8 Å². The lowest BCUT2D eigenvalue weighted by Crippen LogP contribution is -2.25. The molecule has 1 saturated carbocycles. The van der Waals surface area contributed by atoms with Crippen molar-refractivity contribution >= 4 is 15.9 Å². The molecule has 1 aromatic carbocycles. The molecule has 1 unspecified atom stereocenters. The van der Waals surface area contributed by atoms with Gasteiger partial charge in [0, 0.05) is 10.5 Å². The molecular weight excluding hydrogens is 226 g/mol. The lowest BCUT2D eigenvalue weighted by Gasteiger charge is -2.11. The Morgan fingerprint density at radius 2 is 2.08 bits per heavy atom. The van der Waals surface area contributed by atoms with Crippen LogP contribution in [0.15, 0.2) is 28.7 Å². The Kier molecular flexibility index (Phi) is 2.70. The lowest BCUT2D eigenvalue weighted by molar-refractivity contribution is 0.590. The molecule has 1 aliphatic rings. The van der Waals surface area contributed by atoms with Gasteiger partial charge in [0.15, 0.2) is 0 Å². The third-order valence-corrected chi connectivity index (χ3v) is 3.41. The van der Waals surface area contributed by atoms with Crippen LogP contribution in [0, 0.1) is 5.92 Å². The molecule has 0 radical (unpaired) electrons. The Morgan fingerprint density at radius 1 is 1.38 bits per heavy atom. The van der Waals surface area contributed by atoms with Crippen LogP contribution in [0.1, 0.15) is 18.4 Å². The van der Waals surface area contributed by atoms with E-state index in [1.165, 1.54) is 22.9 Å². The number of nitrogens with two attached hydrogens (primary N) is 1. The third-order valence-electron chi connectivity index (χ3n) is 2.64. The van der Waals surface area contributed by atoms with Crippen molar-refractivity contribution in [3.8, 4) is 0 Å². The monoisotopic (exact) mass is 239 g/mol. The maximum Gasteiger partial charge on any atom is 0.0207 e. The van der Waals surface area contributed by atoms with Crippen LogP contribution < -0.4 is 5.73 Å². The molecule has 0 bridgehead atoms. The molecule has 0 spiro atoms. The molecule has 2 heteroatoms. The summed E-state index contributed by atoms with van der Waals surface area (Å²) in [6.07, 6.45) is 3.66. The van der Waals surface area contributed by atoms with Gasteiger partial charge in [0.25, 0.3) is 0 Å². The van der Waals surface area contributed by atoms with Crippen molar-refractivity contribution in [3.05, 3.63) is 34.3 Å². The number of rotatable bonds is 3. The Morgan fingerprint density at radius 3 is 2.69 bits per heavy atom. The average Bonchev–Trinajstić information content (AvgIpc) is 2.91. The summed E-state index contributed by atoms with van der Waals surface area (Å²) in [6, 6.07) is 8.69. The van der Waals surface area contributed by atoms with E-state index in [9.17, 15) is 0 Å². The lowest BCUT2D eigenvalue weighted by atomic mass is 10.0. The van der Waals surface area contributed by atoms with Crippen molar-refractivity contribution in [1.82, 2.24) is 0 Å². The van der Waals surface area contributed by atoms with Gasteiger partial charge in [-0.1, -0.05) is 34.1 Å². The van der Waals surface area contributed by atoms with E-state index in [1.807, 2.05) is 6.07 Å². The Bertz CT molecular complexity index is 294. The molecule has 0 saturated heterocycles. The highest BCUT2D eigenvalue weighted by Gasteiger charge is 2.28. The zero-order chi connectivity index (χ0) is 9.26. The zero-order valence-electron chi connectivity index (χ0n) is 7.54. The van der Waals surface area contributed by atoms with Gasteiger partial charge in [-0.3, -0.25) is 0 Å². The summed E-state index contributed by atoms with van der Waals surface area (Å²) in [6.45, 7) is 0. The minimum Gasteiger partial charge on any atom is -0.327 e. The maximum atomic E-state index is 6.06. The summed E-state index contributed by atoms with van der Waals surface area (Å²) in [4.78, 5) is 0. The highest BCUT2D eigenvalue weighted by atomic mass is 79.9.